The molecule has 128 valence electrons. The van der Waals surface area contributed by atoms with Gasteiger partial charge in [0.15, 0.2) is 0 Å². The normalized spacial score (nSPS) is 17.6. The fourth-order valence-electron chi connectivity index (χ4n) is 3.26. The Morgan fingerprint density at radius 2 is 1.92 bits per heavy atom. The minimum atomic E-state index is -2.65. The summed E-state index contributed by atoms with van der Waals surface area (Å²) in [5.41, 5.74) is 7.41. The maximum atomic E-state index is 13.5. The molecule has 0 spiro atoms. The molecular weight excluding hydrogens is 316 g/mol. The molecule has 2 aromatic rings. The molecule has 3 rings (SSSR count). The Kier molecular flexibility index (Phi) is 4.26. The lowest BCUT2D eigenvalue weighted by molar-refractivity contribution is -0.0385. The van der Waals surface area contributed by atoms with Gasteiger partial charge in [-0.05, 0) is 12.8 Å². The number of amides is 1. The molecule has 1 amide bonds. The molecule has 0 radical (unpaired) electrons. The van der Waals surface area contributed by atoms with Crippen LogP contribution >= 0.6 is 0 Å². The molecule has 0 bridgehead atoms. The molecule has 0 saturated heterocycles. The summed E-state index contributed by atoms with van der Waals surface area (Å²) in [7, 11) is 1.40. The maximum Gasteiger partial charge on any atom is 0.327 e. The average Bonchev–Trinajstić information content (AvgIpc) is 2.95. The Morgan fingerprint density at radius 1 is 1.29 bits per heavy atom. The van der Waals surface area contributed by atoms with Gasteiger partial charge in [0.05, 0.1) is 18.5 Å². The van der Waals surface area contributed by atoms with Gasteiger partial charge in [0.1, 0.15) is 0 Å². The molecule has 5 nitrogen and oxygen atoms in total. The predicted molar refractivity (Wildman–Crippen MR) is 85.4 cm³/mol. The fourth-order valence-corrected chi connectivity index (χ4v) is 3.26. The molecule has 1 aliphatic carbocycles. The number of imidazole rings is 1. The summed E-state index contributed by atoms with van der Waals surface area (Å²) in [6.45, 7) is 0. The zero-order chi connectivity index (χ0) is 17.3. The molecule has 1 heterocycles. The first kappa shape index (κ1) is 16.4. The predicted octanol–water partition coefficient (Wildman–Crippen LogP) is 3.78. The lowest BCUT2D eigenvalue weighted by Gasteiger charge is -2.29. The SMILES string of the molecule is COc1nc(-c2ccccc2)c(C2CCC(F)(F)CC2)n1C(N)=O. The third kappa shape index (κ3) is 2.98. The van der Waals surface area contributed by atoms with Crippen LogP contribution in [0.25, 0.3) is 11.3 Å². The third-order valence-electron chi connectivity index (χ3n) is 4.44. The van der Waals surface area contributed by atoms with E-state index >= 15 is 0 Å². The van der Waals surface area contributed by atoms with E-state index in [9.17, 15) is 13.6 Å². The molecule has 1 saturated carbocycles. The summed E-state index contributed by atoms with van der Waals surface area (Å²) in [4.78, 5) is 16.3. The lowest BCUT2D eigenvalue weighted by atomic mass is 9.83. The van der Waals surface area contributed by atoms with Gasteiger partial charge in [-0.1, -0.05) is 30.3 Å². The summed E-state index contributed by atoms with van der Waals surface area (Å²) in [6, 6.07) is 8.63. The van der Waals surface area contributed by atoms with Crippen LogP contribution in [0.5, 0.6) is 6.01 Å². The van der Waals surface area contributed by atoms with E-state index in [0.717, 1.165) is 5.56 Å². The van der Waals surface area contributed by atoms with Crippen molar-refractivity contribution in [2.75, 3.05) is 7.11 Å². The first-order valence-electron chi connectivity index (χ1n) is 7.82. The summed E-state index contributed by atoms with van der Waals surface area (Å²) >= 11 is 0. The van der Waals surface area contributed by atoms with E-state index in [2.05, 4.69) is 4.98 Å². The van der Waals surface area contributed by atoms with Gasteiger partial charge < -0.3 is 10.5 Å². The molecule has 0 atom stereocenters. The van der Waals surface area contributed by atoms with Crippen LogP contribution in [0, 0.1) is 0 Å². The van der Waals surface area contributed by atoms with Gasteiger partial charge in [-0.25, -0.2) is 18.1 Å². The molecule has 2 N–H and O–H groups in total. The first-order valence-corrected chi connectivity index (χ1v) is 7.82. The van der Waals surface area contributed by atoms with Crippen LogP contribution in [0.4, 0.5) is 13.6 Å². The molecule has 0 aliphatic heterocycles. The van der Waals surface area contributed by atoms with E-state index in [0.29, 0.717) is 11.4 Å². The van der Waals surface area contributed by atoms with Crippen molar-refractivity contribution in [2.45, 2.75) is 37.5 Å². The van der Waals surface area contributed by atoms with Gasteiger partial charge in [-0.3, -0.25) is 0 Å². The molecule has 7 heteroatoms. The van der Waals surface area contributed by atoms with Crippen molar-refractivity contribution in [3.8, 4) is 17.3 Å². The van der Waals surface area contributed by atoms with E-state index < -0.39 is 12.0 Å². The van der Waals surface area contributed by atoms with Crippen molar-refractivity contribution in [3.05, 3.63) is 36.0 Å². The van der Waals surface area contributed by atoms with Gasteiger partial charge >= 0.3 is 12.0 Å². The third-order valence-corrected chi connectivity index (χ3v) is 4.44. The fraction of sp³-hybridized carbons (Fsp3) is 0.412. The van der Waals surface area contributed by atoms with Crippen molar-refractivity contribution in [1.82, 2.24) is 9.55 Å². The van der Waals surface area contributed by atoms with E-state index in [4.69, 9.17) is 10.5 Å². The minimum Gasteiger partial charge on any atom is -0.468 e. The van der Waals surface area contributed by atoms with Gasteiger partial charge in [-0.2, -0.15) is 4.98 Å². The molecule has 1 aromatic heterocycles. The molecule has 0 unspecified atom stereocenters. The second kappa shape index (κ2) is 6.22. The van der Waals surface area contributed by atoms with Gasteiger partial charge in [0.25, 0.3) is 0 Å². The zero-order valence-electron chi connectivity index (χ0n) is 13.3. The number of hydrogen-bond donors (Lipinski definition) is 1. The highest BCUT2D eigenvalue weighted by atomic mass is 19.3. The molecular formula is C17H19F2N3O2. The molecule has 1 aromatic carbocycles. The smallest absolute Gasteiger partial charge is 0.327 e. The summed E-state index contributed by atoms with van der Waals surface area (Å²) in [5, 5.41) is 0. The van der Waals surface area contributed by atoms with Gasteiger partial charge in [0, 0.05) is 24.3 Å². The van der Waals surface area contributed by atoms with E-state index in [-0.39, 0.29) is 37.6 Å². The van der Waals surface area contributed by atoms with Crippen molar-refractivity contribution >= 4 is 6.03 Å². The highest BCUT2D eigenvalue weighted by molar-refractivity contribution is 5.80. The van der Waals surface area contributed by atoms with Gasteiger partial charge in [-0.15, -0.1) is 0 Å². The Labute approximate surface area is 138 Å². The van der Waals surface area contributed by atoms with E-state index in [1.165, 1.54) is 11.7 Å². The number of rotatable bonds is 3. The number of aromatic nitrogens is 2. The lowest BCUT2D eigenvalue weighted by Crippen LogP contribution is -2.28. The quantitative estimate of drug-likeness (QED) is 0.928. The number of halogens is 2. The molecule has 1 aliphatic rings. The Hall–Kier alpha value is -2.44. The maximum absolute atomic E-state index is 13.5. The monoisotopic (exact) mass is 335 g/mol. The number of hydrogen-bond acceptors (Lipinski definition) is 3. The average molecular weight is 335 g/mol. The molecule has 1 fully saturated rings. The largest absolute Gasteiger partial charge is 0.468 e. The number of alkyl halides is 2. The van der Waals surface area contributed by atoms with E-state index in [1.54, 1.807) is 0 Å². The standard InChI is InChI=1S/C17H19F2N3O2/c1-24-16-21-13(11-5-3-2-4-6-11)14(22(16)15(20)23)12-7-9-17(18,19)10-8-12/h2-6,12H,7-10H2,1H3,(H2,20,23). The number of carbonyl (C=O) groups is 1. The number of nitrogens with zero attached hydrogens (tertiary/aromatic N) is 2. The van der Waals surface area contributed by atoms with Crippen LogP contribution in [0.2, 0.25) is 0 Å². The van der Waals surface area contributed by atoms with Crippen LogP contribution in [0.1, 0.15) is 37.3 Å². The highest BCUT2D eigenvalue weighted by Crippen LogP contribution is 2.44. The zero-order valence-corrected chi connectivity index (χ0v) is 13.3. The second-order valence-electron chi connectivity index (χ2n) is 6.00. The Bertz CT molecular complexity index is 734. The minimum absolute atomic E-state index is 0.0775. The van der Waals surface area contributed by atoms with Crippen LogP contribution < -0.4 is 10.5 Å². The highest BCUT2D eigenvalue weighted by Gasteiger charge is 2.38. The number of methoxy groups -OCH3 is 1. The van der Waals surface area contributed by atoms with Gasteiger partial charge in [0.2, 0.25) is 5.92 Å². The number of nitrogens with two attached hydrogens (primary N) is 1. The van der Waals surface area contributed by atoms with Crippen molar-refractivity contribution in [1.29, 1.82) is 0 Å². The topological polar surface area (TPSA) is 70.1 Å². The van der Waals surface area contributed by atoms with Crippen LogP contribution in [-0.2, 0) is 0 Å². The van der Waals surface area contributed by atoms with E-state index in [1.807, 2.05) is 30.3 Å². The van der Waals surface area contributed by atoms with Crippen molar-refractivity contribution < 1.29 is 18.3 Å². The summed E-state index contributed by atoms with van der Waals surface area (Å²) in [5.74, 6) is -2.87. The second-order valence-corrected chi connectivity index (χ2v) is 6.00. The number of primary amides is 1. The van der Waals surface area contributed by atoms with Crippen molar-refractivity contribution in [3.63, 3.8) is 0 Å². The Morgan fingerprint density at radius 3 is 2.46 bits per heavy atom. The number of carbonyl (C=O) groups excluding carboxylic acids is 1. The number of benzene rings is 1. The summed E-state index contributed by atoms with van der Waals surface area (Å²) in [6.07, 6.45) is 0.125. The first-order chi connectivity index (χ1) is 11.4. The summed E-state index contributed by atoms with van der Waals surface area (Å²) < 4.78 is 33.4. The van der Waals surface area contributed by atoms with Crippen LogP contribution in [0.15, 0.2) is 30.3 Å². The number of ether oxygens (including phenoxy) is 1. The van der Waals surface area contributed by atoms with Crippen LogP contribution in [-0.4, -0.2) is 28.6 Å². The van der Waals surface area contributed by atoms with Crippen molar-refractivity contribution in [2.24, 2.45) is 5.73 Å². The molecule has 24 heavy (non-hydrogen) atoms. The Balaban J connectivity index is 2.11. The van der Waals surface area contributed by atoms with Crippen LogP contribution in [0.3, 0.4) is 0 Å².